The number of carbonyl (C=O) groups excluding carboxylic acids is 1. The van der Waals surface area contributed by atoms with Gasteiger partial charge in [0.2, 0.25) is 0 Å². The number of fused-ring (bicyclic) bond motifs is 1. The van der Waals surface area contributed by atoms with Crippen molar-refractivity contribution < 1.29 is 4.79 Å². The molecule has 2 aliphatic rings. The van der Waals surface area contributed by atoms with E-state index in [0.717, 1.165) is 45.1 Å². The summed E-state index contributed by atoms with van der Waals surface area (Å²) in [5.74, 6) is 0.0252. The molecule has 1 N–H and O–H groups in total. The van der Waals surface area contributed by atoms with Gasteiger partial charge in [0.25, 0.3) is 5.91 Å². The van der Waals surface area contributed by atoms with Crippen LogP contribution < -0.4 is 5.32 Å². The third-order valence-corrected chi connectivity index (χ3v) is 5.45. The van der Waals surface area contributed by atoms with Crippen LogP contribution in [0.5, 0.6) is 0 Å². The topological polar surface area (TPSA) is 41.5 Å². The van der Waals surface area contributed by atoms with Crippen molar-refractivity contribution in [3.8, 4) is 0 Å². The summed E-state index contributed by atoms with van der Waals surface area (Å²) in [6.45, 7) is 4.08. The van der Waals surface area contributed by atoms with Crippen molar-refractivity contribution >= 4 is 39.6 Å². The van der Waals surface area contributed by atoms with E-state index in [0.29, 0.717) is 5.02 Å². The number of halogens is 1. The first-order valence-electron chi connectivity index (χ1n) is 7.27. The van der Waals surface area contributed by atoms with Gasteiger partial charge in [0, 0.05) is 21.0 Å². The molecular formula is C17H15ClN2OS. The van der Waals surface area contributed by atoms with E-state index >= 15 is 0 Å². The number of aliphatic imine (C=N–C) groups is 1. The number of benzene rings is 1. The van der Waals surface area contributed by atoms with Gasteiger partial charge in [-0.3, -0.25) is 9.79 Å². The van der Waals surface area contributed by atoms with E-state index in [1.807, 2.05) is 32.0 Å². The zero-order chi connectivity index (χ0) is 15.5. The summed E-state index contributed by atoms with van der Waals surface area (Å²) in [7, 11) is 0. The maximum Gasteiger partial charge on any atom is 0.252 e. The average molecular weight is 331 g/mol. The zero-order valence-electron chi connectivity index (χ0n) is 12.4. The van der Waals surface area contributed by atoms with E-state index in [9.17, 15) is 4.79 Å². The summed E-state index contributed by atoms with van der Waals surface area (Å²) >= 11 is 7.68. The van der Waals surface area contributed by atoms with Gasteiger partial charge >= 0.3 is 0 Å². The van der Waals surface area contributed by atoms with Crippen LogP contribution in [0.3, 0.4) is 0 Å². The zero-order valence-corrected chi connectivity index (χ0v) is 13.9. The highest BCUT2D eigenvalue weighted by Gasteiger charge is 2.52. The van der Waals surface area contributed by atoms with Crippen molar-refractivity contribution in [2.75, 3.05) is 5.32 Å². The highest BCUT2D eigenvalue weighted by atomic mass is 35.5. The summed E-state index contributed by atoms with van der Waals surface area (Å²) < 4.78 is 0. The Bertz CT molecular complexity index is 833. The van der Waals surface area contributed by atoms with Crippen LogP contribution in [0, 0.1) is 13.8 Å². The lowest BCUT2D eigenvalue weighted by Crippen LogP contribution is -2.26. The van der Waals surface area contributed by atoms with E-state index < -0.39 is 5.54 Å². The molecule has 0 saturated heterocycles. The van der Waals surface area contributed by atoms with E-state index in [1.165, 1.54) is 0 Å². The molecule has 1 spiro atoms. The number of nitrogens with one attached hydrogen (secondary N) is 1. The lowest BCUT2D eigenvalue weighted by molar-refractivity contribution is -0.118. The van der Waals surface area contributed by atoms with Crippen LogP contribution in [0.4, 0.5) is 5.00 Å². The standard InChI is InChI=1S/C17H15ClN2OS/c1-9-7-11(18)3-4-12(9)14-13-8-10(2)22-15(13)19-16(21)17(20-14)5-6-17/h3-4,7-8H,5-6H2,1-2H3,(H,19,21). The number of thiophene rings is 1. The SMILES string of the molecule is Cc1cc2c(s1)NC(=O)C1(CC1)N=C2c1ccc(Cl)cc1C. The molecule has 0 unspecified atom stereocenters. The summed E-state index contributed by atoms with van der Waals surface area (Å²) in [6.07, 6.45) is 1.64. The number of hydrogen-bond donors (Lipinski definition) is 1. The number of nitrogens with zero attached hydrogens (tertiary/aromatic N) is 1. The van der Waals surface area contributed by atoms with Crippen LogP contribution in [-0.4, -0.2) is 17.2 Å². The number of amides is 1. The Kier molecular flexibility index (Phi) is 2.97. The van der Waals surface area contributed by atoms with Gasteiger partial charge < -0.3 is 5.32 Å². The van der Waals surface area contributed by atoms with Gasteiger partial charge in [-0.05, 0) is 50.5 Å². The molecule has 1 aromatic carbocycles. The minimum absolute atomic E-state index is 0.0252. The normalized spacial score (nSPS) is 18.5. The van der Waals surface area contributed by atoms with Crippen LogP contribution in [0.25, 0.3) is 0 Å². The molecule has 1 aliphatic carbocycles. The molecule has 1 aromatic heterocycles. The fraction of sp³-hybridized carbons (Fsp3) is 0.294. The third kappa shape index (κ3) is 2.09. The van der Waals surface area contributed by atoms with Gasteiger partial charge in [-0.1, -0.05) is 17.7 Å². The molecule has 1 amide bonds. The lowest BCUT2D eigenvalue weighted by atomic mass is 9.99. The maximum atomic E-state index is 12.5. The molecule has 4 rings (SSSR count). The molecule has 2 heterocycles. The molecule has 3 nitrogen and oxygen atoms in total. The second kappa shape index (κ2) is 4.67. The molecule has 22 heavy (non-hydrogen) atoms. The van der Waals surface area contributed by atoms with Crippen molar-refractivity contribution in [3.63, 3.8) is 0 Å². The second-order valence-corrected chi connectivity index (χ2v) is 7.70. The molecule has 1 fully saturated rings. The quantitative estimate of drug-likeness (QED) is 0.830. The van der Waals surface area contributed by atoms with Gasteiger partial charge in [-0.2, -0.15) is 0 Å². The minimum atomic E-state index is -0.561. The first-order chi connectivity index (χ1) is 10.5. The minimum Gasteiger partial charge on any atom is -0.315 e. The monoisotopic (exact) mass is 330 g/mol. The Balaban J connectivity index is 1.96. The highest BCUT2D eigenvalue weighted by Crippen LogP contribution is 2.45. The Morgan fingerprint density at radius 3 is 2.68 bits per heavy atom. The number of aryl methyl sites for hydroxylation is 2. The largest absolute Gasteiger partial charge is 0.315 e. The van der Waals surface area contributed by atoms with Gasteiger partial charge in [0.15, 0.2) is 0 Å². The number of rotatable bonds is 1. The molecule has 0 radical (unpaired) electrons. The van der Waals surface area contributed by atoms with E-state index in [2.05, 4.69) is 11.4 Å². The second-order valence-electron chi connectivity index (χ2n) is 6.01. The van der Waals surface area contributed by atoms with Crippen LogP contribution >= 0.6 is 22.9 Å². The summed E-state index contributed by atoms with van der Waals surface area (Å²) in [4.78, 5) is 18.5. The number of anilines is 1. The Labute approximate surface area is 138 Å². The van der Waals surface area contributed by atoms with Crippen molar-refractivity contribution in [2.45, 2.75) is 32.2 Å². The number of hydrogen-bond acceptors (Lipinski definition) is 3. The average Bonchev–Trinajstić information content (AvgIpc) is 3.16. The predicted molar refractivity (Wildman–Crippen MR) is 91.5 cm³/mol. The van der Waals surface area contributed by atoms with Gasteiger partial charge in [0.05, 0.1) is 5.71 Å². The fourth-order valence-corrected chi connectivity index (χ4v) is 4.02. The first kappa shape index (κ1) is 14.0. The highest BCUT2D eigenvalue weighted by molar-refractivity contribution is 7.16. The van der Waals surface area contributed by atoms with E-state index in [-0.39, 0.29) is 5.91 Å². The van der Waals surface area contributed by atoms with Crippen molar-refractivity contribution in [1.82, 2.24) is 0 Å². The summed E-state index contributed by atoms with van der Waals surface area (Å²) in [5.41, 5.74) is 3.49. The van der Waals surface area contributed by atoms with Crippen molar-refractivity contribution in [1.29, 1.82) is 0 Å². The molecular weight excluding hydrogens is 316 g/mol. The Hall–Kier alpha value is -1.65. The van der Waals surface area contributed by atoms with E-state index in [4.69, 9.17) is 16.6 Å². The van der Waals surface area contributed by atoms with Crippen LogP contribution in [0.15, 0.2) is 29.3 Å². The molecule has 1 saturated carbocycles. The Morgan fingerprint density at radius 1 is 1.23 bits per heavy atom. The molecule has 1 aliphatic heterocycles. The van der Waals surface area contributed by atoms with Crippen molar-refractivity contribution in [3.05, 3.63) is 50.9 Å². The smallest absolute Gasteiger partial charge is 0.252 e. The molecule has 0 bridgehead atoms. The summed E-state index contributed by atoms with van der Waals surface area (Å²) in [5, 5.41) is 4.68. The molecule has 5 heteroatoms. The predicted octanol–water partition coefficient (Wildman–Crippen LogP) is 4.34. The summed E-state index contributed by atoms with van der Waals surface area (Å²) in [6, 6.07) is 7.93. The van der Waals surface area contributed by atoms with Crippen molar-refractivity contribution in [2.24, 2.45) is 4.99 Å². The molecule has 2 aromatic rings. The van der Waals surface area contributed by atoms with Crippen LogP contribution in [-0.2, 0) is 4.79 Å². The van der Waals surface area contributed by atoms with Crippen LogP contribution in [0.2, 0.25) is 5.02 Å². The fourth-order valence-electron chi connectivity index (χ4n) is 2.88. The van der Waals surface area contributed by atoms with E-state index in [1.54, 1.807) is 11.3 Å². The molecule has 112 valence electrons. The lowest BCUT2D eigenvalue weighted by Gasteiger charge is -2.11. The number of carbonyl (C=O) groups is 1. The maximum absolute atomic E-state index is 12.5. The van der Waals surface area contributed by atoms with Gasteiger partial charge in [0.1, 0.15) is 10.5 Å². The first-order valence-corrected chi connectivity index (χ1v) is 8.47. The third-order valence-electron chi connectivity index (χ3n) is 4.25. The van der Waals surface area contributed by atoms with Gasteiger partial charge in [-0.15, -0.1) is 11.3 Å². The van der Waals surface area contributed by atoms with Gasteiger partial charge in [-0.25, -0.2) is 0 Å². The van der Waals surface area contributed by atoms with Crippen LogP contribution in [0.1, 0.15) is 34.4 Å². The molecule has 0 atom stereocenters. The Morgan fingerprint density at radius 2 is 2.00 bits per heavy atom.